The Morgan fingerprint density at radius 1 is 1.53 bits per heavy atom. The zero-order chi connectivity index (χ0) is 11.1. The Labute approximate surface area is 89.9 Å². The number of anilines is 1. The van der Waals surface area contributed by atoms with Crippen molar-refractivity contribution in [1.82, 2.24) is 4.98 Å². The number of carbonyl (C=O) groups is 1. The average Bonchev–Trinajstić information content (AvgIpc) is 2.27. The summed E-state index contributed by atoms with van der Waals surface area (Å²) in [5.74, 6) is 0.283. The van der Waals surface area contributed by atoms with Crippen LogP contribution in [0.2, 0.25) is 0 Å². The Morgan fingerprint density at radius 3 is 2.73 bits per heavy atom. The summed E-state index contributed by atoms with van der Waals surface area (Å²) < 4.78 is 0. The minimum Gasteiger partial charge on any atom is -0.330 e. The Kier molecular flexibility index (Phi) is 4.77. The van der Waals surface area contributed by atoms with E-state index >= 15 is 0 Å². The molecule has 1 heterocycles. The summed E-state index contributed by atoms with van der Waals surface area (Å²) in [6, 6.07) is 3.53. The summed E-state index contributed by atoms with van der Waals surface area (Å²) in [5, 5.41) is 2.81. The Bertz CT molecular complexity index is 296. The van der Waals surface area contributed by atoms with Gasteiger partial charge in [0.25, 0.3) is 0 Å². The minimum atomic E-state index is 0.0125. The Hall–Kier alpha value is -1.42. The molecule has 0 aromatic carbocycles. The van der Waals surface area contributed by atoms with Crippen LogP contribution in [-0.2, 0) is 4.79 Å². The van der Waals surface area contributed by atoms with E-state index in [-0.39, 0.29) is 11.8 Å². The number of amides is 1. The first-order valence-corrected chi connectivity index (χ1v) is 5.16. The second-order valence-corrected chi connectivity index (χ2v) is 3.50. The molecular formula is C11H17N3O. The van der Waals surface area contributed by atoms with Crippen LogP contribution in [0.4, 0.5) is 5.69 Å². The minimum absolute atomic E-state index is 0.0125. The first kappa shape index (κ1) is 11.7. The number of hydrogen-bond donors (Lipinski definition) is 2. The van der Waals surface area contributed by atoms with Crippen molar-refractivity contribution < 1.29 is 4.79 Å². The van der Waals surface area contributed by atoms with Crippen LogP contribution in [0, 0.1) is 5.92 Å². The predicted molar refractivity (Wildman–Crippen MR) is 60.3 cm³/mol. The molecule has 1 amide bonds. The van der Waals surface area contributed by atoms with E-state index in [0.29, 0.717) is 13.0 Å². The summed E-state index contributed by atoms with van der Waals surface area (Å²) in [6.07, 6.45) is 4.71. The molecule has 0 aliphatic rings. The third-order valence-electron chi connectivity index (χ3n) is 2.35. The van der Waals surface area contributed by atoms with Crippen molar-refractivity contribution in [2.24, 2.45) is 11.7 Å². The van der Waals surface area contributed by atoms with E-state index in [0.717, 1.165) is 12.1 Å². The molecule has 0 aliphatic carbocycles. The summed E-state index contributed by atoms with van der Waals surface area (Å²) >= 11 is 0. The van der Waals surface area contributed by atoms with Crippen LogP contribution in [0.3, 0.4) is 0 Å². The van der Waals surface area contributed by atoms with Gasteiger partial charge in [-0.25, -0.2) is 0 Å². The monoisotopic (exact) mass is 207 g/mol. The molecule has 1 aromatic heterocycles. The third kappa shape index (κ3) is 4.08. The SMILES string of the molecule is CCC(CN)CC(=O)Nc1ccncc1. The van der Waals surface area contributed by atoms with Gasteiger partial charge in [0, 0.05) is 24.5 Å². The smallest absolute Gasteiger partial charge is 0.224 e. The lowest BCUT2D eigenvalue weighted by molar-refractivity contribution is -0.117. The quantitative estimate of drug-likeness (QED) is 0.766. The average molecular weight is 207 g/mol. The van der Waals surface area contributed by atoms with Crippen molar-refractivity contribution in [3.05, 3.63) is 24.5 Å². The van der Waals surface area contributed by atoms with Gasteiger partial charge in [0.2, 0.25) is 5.91 Å². The van der Waals surface area contributed by atoms with E-state index in [1.807, 2.05) is 6.92 Å². The second kappa shape index (κ2) is 6.14. The number of hydrogen-bond acceptors (Lipinski definition) is 3. The van der Waals surface area contributed by atoms with E-state index in [2.05, 4.69) is 10.3 Å². The number of nitrogens with two attached hydrogens (primary N) is 1. The van der Waals surface area contributed by atoms with Gasteiger partial charge in [0.05, 0.1) is 0 Å². The van der Waals surface area contributed by atoms with Gasteiger partial charge in [-0.15, -0.1) is 0 Å². The summed E-state index contributed by atoms with van der Waals surface area (Å²) in [7, 11) is 0. The molecule has 0 aliphatic heterocycles. The number of pyridine rings is 1. The van der Waals surface area contributed by atoms with Gasteiger partial charge >= 0.3 is 0 Å². The summed E-state index contributed by atoms with van der Waals surface area (Å²) in [6.45, 7) is 2.59. The first-order valence-electron chi connectivity index (χ1n) is 5.16. The Morgan fingerprint density at radius 2 is 2.20 bits per heavy atom. The molecule has 1 atom stereocenters. The van der Waals surface area contributed by atoms with Gasteiger partial charge in [0.1, 0.15) is 0 Å². The number of nitrogens with zero attached hydrogens (tertiary/aromatic N) is 1. The molecule has 1 unspecified atom stereocenters. The van der Waals surface area contributed by atoms with Crippen molar-refractivity contribution in [2.75, 3.05) is 11.9 Å². The van der Waals surface area contributed by atoms with Crippen LogP contribution < -0.4 is 11.1 Å². The fourth-order valence-electron chi connectivity index (χ4n) is 1.30. The molecule has 1 rings (SSSR count). The molecule has 0 spiro atoms. The highest BCUT2D eigenvalue weighted by Gasteiger charge is 2.10. The zero-order valence-electron chi connectivity index (χ0n) is 8.94. The van der Waals surface area contributed by atoms with Gasteiger partial charge in [0.15, 0.2) is 0 Å². The van der Waals surface area contributed by atoms with Crippen molar-refractivity contribution >= 4 is 11.6 Å². The van der Waals surface area contributed by atoms with Crippen LogP contribution in [0.1, 0.15) is 19.8 Å². The predicted octanol–water partition coefficient (Wildman–Crippen LogP) is 1.40. The molecule has 0 saturated heterocycles. The molecule has 1 aromatic rings. The molecular weight excluding hydrogens is 190 g/mol. The van der Waals surface area contributed by atoms with Crippen LogP contribution in [0.15, 0.2) is 24.5 Å². The maximum Gasteiger partial charge on any atom is 0.224 e. The van der Waals surface area contributed by atoms with E-state index in [9.17, 15) is 4.79 Å². The van der Waals surface area contributed by atoms with Crippen molar-refractivity contribution in [2.45, 2.75) is 19.8 Å². The lowest BCUT2D eigenvalue weighted by Gasteiger charge is -2.11. The van der Waals surface area contributed by atoms with Crippen molar-refractivity contribution in [3.8, 4) is 0 Å². The lowest BCUT2D eigenvalue weighted by atomic mass is 10.0. The number of carbonyl (C=O) groups excluding carboxylic acids is 1. The third-order valence-corrected chi connectivity index (χ3v) is 2.35. The fraction of sp³-hybridized carbons (Fsp3) is 0.455. The first-order chi connectivity index (χ1) is 7.26. The maximum absolute atomic E-state index is 11.6. The second-order valence-electron chi connectivity index (χ2n) is 3.50. The molecule has 15 heavy (non-hydrogen) atoms. The molecule has 4 nitrogen and oxygen atoms in total. The molecule has 0 saturated carbocycles. The highest BCUT2D eigenvalue weighted by Crippen LogP contribution is 2.09. The van der Waals surface area contributed by atoms with Crippen LogP contribution in [-0.4, -0.2) is 17.4 Å². The standard InChI is InChI=1S/C11H17N3O/c1-2-9(8-12)7-11(15)14-10-3-5-13-6-4-10/h3-6,9H,2,7-8,12H2,1H3,(H,13,14,15). The van der Waals surface area contributed by atoms with E-state index < -0.39 is 0 Å². The van der Waals surface area contributed by atoms with Crippen LogP contribution >= 0.6 is 0 Å². The van der Waals surface area contributed by atoms with E-state index in [1.54, 1.807) is 24.5 Å². The molecule has 3 N–H and O–H groups in total. The van der Waals surface area contributed by atoms with Crippen LogP contribution in [0.5, 0.6) is 0 Å². The van der Waals surface area contributed by atoms with Gasteiger partial charge in [-0.2, -0.15) is 0 Å². The Balaban J connectivity index is 2.43. The number of rotatable bonds is 5. The lowest BCUT2D eigenvalue weighted by Crippen LogP contribution is -2.21. The van der Waals surface area contributed by atoms with Crippen molar-refractivity contribution in [3.63, 3.8) is 0 Å². The van der Waals surface area contributed by atoms with E-state index in [4.69, 9.17) is 5.73 Å². The normalized spacial score (nSPS) is 12.1. The highest BCUT2D eigenvalue weighted by molar-refractivity contribution is 5.90. The number of aromatic nitrogens is 1. The van der Waals surface area contributed by atoms with Gasteiger partial charge in [-0.05, 0) is 24.6 Å². The zero-order valence-corrected chi connectivity index (χ0v) is 8.94. The van der Waals surface area contributed by atoms with E-state index in [1.165, 1.54) is 0 Å². The van der Waals surface area contributed by atoms with Crippen LogP contribution in [0.25, 0.3) is 0 Å². The fourth-order valence-corrected chi connectivity index (χ4v) is 1.30. The molecule has 0 radical (unpaired) electrons. The van der Waals surface area contributed by atoms with Gasteiger partial charge in [-0.1, -0.05) is 13.3 Å². The molecule has 4 heteroatoms. The topological polar surface area (TPSA) is 68.0 Å². The highest BCUT2D eigenvalue weighted by atomic mass is 16.1. The summed E-state index contributed by atoms with van der Waals surface area (Å²) in [5.41, 5.74) is 6.31. The molecule has 0 bridgehead atoms. The summed E-state index contributed by atoms with van der Waals surface area (Å²) in [4.78, 5) is 15.4. The number of nitrogens with one attached hydrogen (secondary N) is 1. The molecule has 82 valence electrons. The maximum atomic E-state index is 11.6. The molecule has 0 fully saturated rings. The van der Waals surface area contributed by atoms with Gasteiger partial charge < -0.3 is 11.1 Å². The largest absolute Gasteiger partial charge is 0.330 e. The van der Waals surface area contributed by atoms with Gasteiger partial charge in [-0.3, -0.25) is 9.78 Å². The van der Waals surface area contributed by atoms with Crippen molar-refractivity contribution in [1.29, 1.82) is 0 Å².